The summed E-state index contributed by atoms with van der Waals surface area (Å²) < 4.78 is 4.93. The molecule has 0 spiro atoms. The van der Waals surface area contributed by atoms with E-state index in [1.54, 1.807) is 20.2 Å². The smallest absolute Gasteiger partial charge is 0.322 e. The van der Waals surface area contributed by atoms with Gasteiger partial charge < -0.3 is 9.76 Å². The highest BCUT2D eigenvalue weighted by molar-refractivity contribution is 6.00. The third kappa shape index (κ3) is 1.73. The number of rotatable bonds is 2. The van der Waals surface area contributed by atoms with Gasteiger partial charge in [0, 0.05) is 0 Å². The number of phenols is 1. The van der Waals surface area contributed by atoms with E-state index in [-0.39, 0.29) is 5.75 Å². The van der Waals surface area contributed by atoms with Gasteiger partial charge in [-0.3, -0.25) is 0 Å². The Morgan fingerprint density at radius 1 is 1.42 bits per heavy atom. The van der Waals surface area contributed by atoms with Crippen molar-refractivity contribution < 1.29 is 9.76 Å². The molecule has 0 saturated carbocycles. The Kier molecular flexibility index (Phi) is 2.63. The van der Waals surface area contributed by atoms with Crippen molar-refractivity contribution in [1.82, 2.24) is 0 Å². The summed E-state index contributed by atoms with van der Waals surface area (Å²) in [7, 11) is 1.55. The van der Waals surface area contributed by atoms with E-state index in [0.29, 0.717) is 11.7 Å². The lowest BCUT2D eigenvalue weighted by Crippen LogP contribution is -1.89. The van der Waals surface area contributed by atoms with Gasteiger partial charge in [-0.05, 0) is 23.6 Å². The Labute approximate surface area is 73.6 Å². The molecule has 0 unspecified atom stereocenters. The molecule has 0 aromatic heterocycles. The second-order valence-electron chi connectivity index (χ2n) is 3.09. The van der Waals surface area contributed by atoms with Crippen LogP contribution < -0.4 is 4.65 Å². The summed E-state index contributed by atoms with van der Waals surface area (Å²) in [5.41, 5.74) is 1.12. The maximum Gasteiger partial charge on any atom is 0.322 e. The summed E-state index contributed by atoms with van der Waals surface area (Å²) in [6.45, 7) is 4.17. The number of hydrogen-bond acceptors (Lipinski definition) is 2. The Hall–Kier alpha value is -1.12. The second kappa shape index (κ2) is 3.52. The molecular formula is C9H13BO2. The van der Waals surface area contributed by atoms with Crippen molar-refractivity contribution >= 4 is 8.05 Å². The minimum absolute atomic E-state index is 0.212. The molecule has 0 atom stereocenters. The molecule has 1 aromatic rings. The standard InChI is InChI=1S/C9H13BO2/c1-6(2)7-3-4-9(12-10)8(11)5-7/h3-6,11H,10H2,1-2H3. The SMILES string of the molecule is BOc1ccc(C(C)C)cc1O. The van der Waals surface area contributed by atoms with Crippen LogP contribution in [-0.4, -0.2) is 13.2 Å². The fourth-order valence-corrected chi connectivity index (χ4v) is 1.07. The Bertz CT molecular complexity index is 271. The van der Waals surface area contributed by atoms with Gasteiger partial charge in [-0.2, -0.15) is 0 Å². The monoisotopic (exact) mass is 164 g/mol. The van der Waals surface area contributed by atoms with Crippen LogP contribution in [0.3, 0.4) is 0 Å². The van der Waals surface area contributed by atoms with E-state index in [1.165, 1.54) is 0 Å². The van der Waals surface area contributed by atoms with Crippen LogP contribution in [0.5, 0.6) is 11.5 Å². The molecule has 0 fully saturated rings. The molecule has 64 valence electrons. The van der Waals surface area contributed by atoms with Crippen LogP contribution >= 0.6 is 0 Å². The number of benzene rings is 1. The molecule has 1 rings (SSSR count). The van der Waals surface area contributed by atoms with Gasteiger partial charge in [0.25, 0.3) is 0 Å². The van der Waals surface area contributed by atoms with E-state index in [0.717, 1.165) is 5.56 Å². The summed E-state index contributed by atoms with van der Waals surface area (Å²) in [6, 6.07) is 5.48. The highest BCUT2D eigenvalue weighted by atomic mass is 16.4. The predicted octanol–water partition coefficient (Wildman–Crippen LogP) is 1.44. The largest absolute Gasteiger partial charge is 0.565 e. The van der Waals surface area contributed by atoms with E-state index in [2.05, 4.69) is 13.8 Å². The molecule has 0 aliphatic heterocycles. The van der Waals surface area contributed by atoms with Crippen molar-refractivity contribution in [2.75, 3.05) is 0 Å². The van der Waals surface area contributed by atoms with Gasteiger partial charge in [0.15, 0.2) is 5.75 Å². The van der Waals surface area contributed by atoms with Crippen LogP contribution in [0.2, 0.25) is 0 Å². The Morgan fingerprint density at radius 3 is 2.50 bits per heavy atom. The molecule has 0 amide bonds. The lowest BCUT2D eigenvalue weighted by molar-refractivity contribution is 0.445. The average Bonchev–Trinajstić information content (AvgIpc) is 2.04. The van der Waals surface area contributed by atoms with Gasteiger partial charge in [0.05, 0.1) is 0 Å². The third-order valence-corrected chi connectivity index (χ3v) is 1.87. The maximum atomic E-state index is 9.42. The molecule has 1 aromatic carbocycles. The lowest BCUT2D eigenvalue weighted by atomic mass is 10.0. The molecule has 0 radical (unpaired) electrons. The van der Waals surface area contributed by atoms with Crippen molar-refractivity contribution in [2.24, 2.45) is 0 Å². The molecule has 2 nitrogen and oxygen atoms in total. The summed E-state index contributed by atoms with van der Waals surface area (Å²) in [5.74, 6) is 1.17. The van der Waals surface area contributed by atoms with Crippen LogP contribution in [0.1, 0.15) is 25.3 Å². The molecule has 0 aliphatic rings. The van der Waals surface area contributed by atoms with E-state index in [9.17, 15) is 5.11 Å². The molecule has 0 bridgehead atoms. The predicted molar refractivity (Wildman–Crippen MR) is 51.4 cm³/mol. The summed E-state index contributed by atoms with van der Waals surface area (Å²) >= 11 is 0. The van der Waals surface area contributed by atoms with Crippen LogP contribution in [-0.2, 0) is 0 Å². The van der Waals surface area contributed by atoms with E-state index >= 15 is 0 Å². The van der Waals surface area contributed by atoms with Gasteiger partial charge in [-0.25, -0.2) is 0 Å². The Balaban J connectivity index is 3.02. The summed E-state index contributed by atoms with van der Waals surface area (Å²) in [6.07, 6.45) is 0. The fraction of sp³-hybridized carbons (Fsp3) is 0.333. The lowest BCUT2D eigenvalue weighted by Gasteiger charge is -2.08. The summed E-state index contributed by atoms with van der Waals surface area (Å²) in [4.78, 5) is 0. The first-order chi connectivity index (χ1) is 5.65. The zero-order valence-corrected chi connectivity index (χ0v) is 7.66. The van der Waals surface area contributed by atoms with Gasteiger partial charge in [0.2, 0.25) is 0 Å². The highest BCUT2D eigenvalue weighted by Gasteiger charge is 2.03. The van der Waals surface area contributed by atoms with Gasteiger partial charge in [-0.15, -0.1) is 0 Å². The molecule has 12 heavy (non-hydrogen) atoms. The van der Waals surface area contributed by atoms with Gasteiger partial charge in [0.1, 0.15) is 5.75 Å². The number of hydrogen-bond donors (Lipinski definition) is 1. The average molecular weight is 164 g/mol. The van der Waals surface area contributed by atoms with E-state index in [4.69, 9.17) is 4.65 Å². The molecule has 0 saturated heterocycles. The fourth-order valence-electron chi connectivity index (χ4n) is 1.07. The minimum atomic E-state index is 0.212. The summed E-state index contributed by atoms with van der Waals surface area (Å²) in [5, 5.41) is 9.42. The van der Waals surface area contributed by atoms with Crippen molar-refractivity contribution in [3.05, 3.63) is 23.8 Å². The van der Waals surface area contributed by atoms with E-state index in [1.807, 2.05) is 6.07 Å². The zero-order valence-electron chi connectivity index (χ0n) is 7.66. The number of phenolic OH excluding ortho intramolecular Hbond substituents is 1. The van der Waals surface area contributed by atoms with Crippen molar-refractivity contribution in [3.8, 4) is 11.5 Å². The van der Waals surface area contributed by atoms with Crippen molar-refractivity contribution in [2.45, 2.75) is 19.8 Å². The third-order valence-electron chi connectivity index (χ3n) is 1.87. The maximum absolute atomic E-state index is 9.42. The van der Waals surface area contributed by atoms with Crippen molar-refractivity contribution in [3.63, 3.8) is 0 Å². The quantitative estimate of drug-likeness (QED) is 0.670. The zero-order chi connectivity index (χ0) is 9.14. The topological polar surface area (TPSA) is 29.5 Å². The van der Waals surface area contributed by atoms with Crippen LogP contribution in [0.4, 0.5) is 0 Å². The van der Waals surface area contributed by atoms with Crippen LogP contribution in [0.15, 0.2) is 18.2 Å². The molecule has 1 N–H and O–H groups in total. The minimum Gasteiger partial charge on any atom is -0.565 e. The van der Waals surface area contributed by atoms with Crippen LogP contribution in [0, 0.1) is 0 Å². The van der Waals surface area contributed by atoms with Gasteiger partial charge in [-0.1, -0.05) is 19.9 Å². The molecule has 0 aliphatic carbocycles. The number of aromatic hydroxyl groups is 1. The highest BCUT2D eigenvalue weighted by Crippen LogP contribution is 2.28. The first-order valence-electron chi connectivity index (χ1n) is 4.02. The molecular weight excluding hydrogens is 151 g/mol. The Morgan fingerprint density at radius 2 is 2.08 bits per heavy atom. The first-order valence-corrected chi connectivity index (χ1v) is 4.02. The first kappa shape index (κ1) is 8.98. The molecule has 3 heteroatoms. The van der Waals surface area contributed by atoms with Crippen LogP contribution in [0.25, 0.3) is 0 Å². The van der Waals surface area contributed by atoms with Crippen molar-refractivity contribution in [1.29, 1.82) is 0 Å². The van der Waals surface area contributed by atoms with Gasteiger partial charge >= 0.3 is 8.05 Å². The van der Waals surface area contributed by atoms with E-state index < -0.39 is 0 Å². The second-order valence-corrected chi connectivity index (χ2v) is 3.09. The molecule has 0 heterocycles. The normalized spacial score (nSPS) is 10.2.